The lowest BCUT2D eigenvalue weighted by Crippen LogP contribution is -2.21. The molecule has 1 saturated heterocycles. The summed E-state index contributed by atoms with van der Waals surface area (Å²) in [6.45, 7) is 3.37. The number of amides is 1. The number of anilines is 1. The van der Waals surface area contributed by atoms with Gasteiger partial charge in [-0.05, 0) is 37.3 Å². The van der Waals surface area contributed by atoms with Gasteiger partial charge in [-0.25, -0.2) is 4.39 Å². The molecule has 2 aromatic carbocycles. The minimum absolute atomic E-state index is 0.259. The Morgan fingerprint density at radius 3 is 2.86 bits per heavy atom. The van der Waals surface area contributed by atoms with Gasteiger partial charge in [-0.3, -0.25) is 4.79 Å². The molecule has 0 saturated carbocycles. The maximum absolute atomic E-state index is 13.6. The number of halogens is 1. The highest BCUT2D eigenvalue weighted by Gasteiger charge is 2.29. The first-order chi connectivity index (χ1) is 13.6. The van der Waals surface area contributed by atoms with E-state index < -0.39 is 5.82 Å². The van der Waals surface area contributed by atoms with Crippen LogP contribution in [0.15, 0.2) is 65.4 Å². The molecule has 3 aromatic rings. The van der Waals surface area contributed by atoms with E-state index in [4.69, 9.17) is 4.74 Å². The summed E-state index contributed by atoms with van der Waals surface area (Å²) in [5.41, 5.74) is 3.59. The van der Waals surface area contributed by atoms with Crippen molar-refractivity contribution in [2.24, 2.45) is 5.10 Å². The Kier molecular flexibility index (Phi) is 3.87. The van der Waals surface area contributed by atoms with E-state index in [-0.39, 0.29) is 12.0 Å². The van der Waals surface area contributed by atoms with Gasteiger partial charge in [-0.2, -0.15) is 10.1 Å². The number of aromatic nitrogens is 1. The van der Waals surface area contributed by atoms with Crippen LogP contribution in [-0.2, 0) is 16.1 Å². The summed E-state index contributed by atoms with van der Waals surface area (Å²) in [5.74, 6) is -0.661. The highest BCUT2D eigenvalue weighted by molar-refractivity contribution is 6.32. The summed E-state index contributed by atoms with van der Waals surface area (Å²) >= 11 is 0. The van der Waals surface area contributed by atoms with Gasteiger partial charge in [-0.15, -0.1) is 0 Å². The molecule has 1 unspecified atom stereocenters. The zero-order valence-corrected chi connectivity index (χ0v) is 15.3. The number of rotatable bonds is 4. The van der Waals surface area contributed by atoms with Gasteiger partial charge < -0.3 is 9.30 Å². The number of epoxide rings is 1. The fourth-order valence-corrected chi connectivity index (χ4v) is 3.56. The van der Waals surface area contributed by atoms with Crippen molar-refractivity contribution < 1.29 is 13.9 Å². The van der Waals surface area contributed by atoms with E-state index in [1.807, 2.05) is 30.5 Å². The second-order valence-corrected chi connectivity index (χ2v) is 7.05. The molecule has 1 atom stereocenters. The molecule has 0 bridgehead atoms. The van der Waals surface area contributed by atoms with E-state index in [2.05, 4.69) is 15.7 Å². The monoisotopic (exact) mass is 375 g/mol. The fraction of sp³-hybridized carbons (Fsp3) is 0.182. The van der Waals surface area contributed by atoms with Crippen LogP contribution in [0.3, 0.4) is 0 Å². The molecule has 0 radical (unpaired) electrons. The van der Waals surface area contributed by atoms with Crippen LogP contribution in [0, 0.1) is 5.82 Å². The predicted octanol–water partition coefficient (Wildman–Crippen LogP) is 3.99. The lowest BCUT2D eigenvalue weighted by molar-refractivity contribution is -0.114. The fourth-order valence-electron chi connectivity index (χ4n) is 3.56. The molecule has 1 aromatic heterocycles. The average Bonchev–Trinajstić information content (AvgIpc) is 3.38. The van der Waals surface area contributed by atoms with E-state index >= 15 is 0 Å². The molecule has 5 rings (SSSR count). The van der Waals surface area contributed by atoms with Crippen molar-refractivity contribution in [1.29, 1.82) is 0 Å². The number of ether oxygens (including phenoxy) is 1. The zero-order valence-electron chi connectivity index (χ0n) is 15.3. The third-order valence-corrected chi connectivity index (χ3v) is 5.04. The first-order valence-corrected chi connectivity index (χ1v) is 9.17. The zero-order chi connectivity index (χ0) is 19.3. The number of benzene rings is 2. The maximum Gasteiger partial charge on any atom is 0.280 e. The van der Waals surface area contributed by atoms with Gasteiger partial charge in [0.2, 0.25) is 0 Å². The number of carbonyl (C=O) groups excluding carboxylic acids is 1. The molecule has 0 N–H and O–H groups in total. The van der Waals surface area contributed by atoms with Crippen LogP contribution in [0.2, 0.25) is 0 Å². The smallest absolute Gasteiger partial charge is 0.280 e. The van der Waals surface area contributed by atoms with Crippen molar-refractivity contribution in [2.75, 3.05) is 11.6 Å². The number of nitrogens with zero attached hydrogens (tertiary/aromatic N) is 3. The summed E-state index contributed by atoms with van der Waals surface area (Å²) in [7, 11) is 0. The van der Waals surface area contributed by atoms with Gasteiger partial charge in [0, 0.05) is 22.7 Å². The summed E-state index contributed by atoms with van der Waals surface area (Å²) in [6, 6.07) is 14.0. The third-order valence-electron chi connectivity index (χ3n) is 5.04. The molecular formula is C22H18FN3O2. The van der Waals surface area contributed by atoms with Crippen molar-refractivity contribution in [3.8, 4) is 0 Å². The normalized spacial score (nSPS) is 20.3. The first-order valence-electron chi connectivity index (χ1n) is 9.17. The molecule has 140 valence electrons. The minimum atomic E-state index is -0.402. The predicted molar refractivity (Wildman–Crippen MR) is 107 cm³/mol. The van der Waals surface area contributed by atoms with Crippen molar-refractivity contribution in [2.45, 2.75) is 19.6 Å². The summed E-state index contributed by atoms with van der Waals surface area (Å²) in [4.78, 5) is 13.0. The maximum atomic E-state index is 13.6. The van der Waals surface area contributed by atoms with Crippen LogP contribution in [0.1, 0.15) is 12.5 Å². The van der Waals surface area contributed by atoms with Gasteiger partial charge in [0.25, 0.3) is 5.91 Å². The minimum Gasteiger partial charge on any atom is -0.371 e. The molecule has 28 heavy (non-hydrogen) atoms. The topological polar surface area (TPSA) is 50.1 Å². The van der Waals surface area contributed by atoms with Crippen molar-refractivity contribution >= 4 is 34.3 Å². The molecule has 0 spiro atoms. The van der Waals surface area contributed by atoms with E-state index in [9.17, 15) is 9.18 Å². The van der Waals surface area contributed by atoms with Gasteiger partial charge >= 0.3 is 0 Å². The second kappa shape index (κ2) is 6.42. The van der Waals surface area contributed by atoms with Crippen LogP contribution in [0.25, 0.3) is 17.0 Å². The van der Waals surface area contributed by atoms with Gasteiger partial charge in [0.05, 0.1) is 36.2 Å². The number of hydrazone groups is 1. The molecular weight excluding hydrogens is 357 g/mol. The summed E-state index contributed by atoms with van der Waals surface area (Å²) in [5, 5.41) is 6.66. The quantitative estimate of drug-likeness (QED) is 0.511. The van der Waals surface area contributed by atoms with E-state index in [0.717, 1.165) is 29.6 Å². The number of fused-ring (bicyclic) bond motifs is 1. The Labute approximate surface area is 161 Å². The van der Waals surface area contributed by atoms with Gasteiger partial charge in [0.1, 0.15) is 5.82 Å². The highest BCUT2D eigenvalue weighted by atomic mass is 19.1. The van der Waals surface area contributed by atoms with Crippen LogP contribution in [0.5, 0.6) is 0 Å². The molecule has 1 fully saturated rings. The first kappa shape index (κ1) is 16.9. The molecule has 5 nitrogen and oxygen atoms in total. The van der Waals surface area contributed by atoms with Crippen LogP contribution in [0.4, 0.5) is 10.1 Å². The van der Waals surface area contributed by atoms with E-state index in [1.165, 1.54) is 17.1 Å². The van der Waals surface area contributed by atoms with Crippen molar-refractivity contribution in [3.63, 3.8) is 0 Å². The highest BCUT2D eigenvalue weighted by Crippen LogP contribution is 2.29. The number of para-hydroxylation sites is 1. The summed E-state index contributed by atoms with van der Waals surface area (Å²) in [6.07, 6.45) is 4.17. The molecule has 6 heteroatoms. The lowest BCUT2D eigenvalue weighted by Gasteiger charge is -2.11. The van der Waals surface area contributed by atoms with Crippen molar-refractivity contribution in [3.05, 3.63) is 71.7 Å². The van der Waals surface area contributed by atoms with E-state index in [0.29, 0.717) is 17.0 Å². The Morgan fingerprint density at radius 1 is 1.25 bits per heavy atom. The van der Waals surface area contributed by atoms with Crippen LogP contribution >= 0.6 is 0 Å². The molecule has 1 amide bonds. The Bertz CT molecular complexity index is 1160. The largest absolute Gasteiger partial charge is 0.371 e. The molecule has 2 aliphatic rings. The van der Waals surface area contributed by atoms with Crippen LogP contribution < -0.4 is 5.01 Å². The number of hydrogen-bond acceptors (Lipinski definition) is 3. The number of hydrogen-bond donors (Lipinski definition) is 0. The molecule has 2 aliphatic heterocycles. The van der Waals surface area contributed by atoms with Crippen LogP contribution in [-0.4, -0.2) is 28.9 Å². The Morgan fingerprint density at radius 2 is 2.07 bits per heavy atom. The average molecular weight is 375 g/mol. The van der Waals surface area contributed by atoms with Crippen molar-refractivity contribution in [1.82, 2.24) is 4.57 Å². The number of carbonyl (C=O) groups is 1. The SMILES string of the molecule is CC1=NN(c2cccc(F)c2)C(=O)/C1=C/c1cn(CC2CO2)c2ccccc12. The Hall–Kier alpha value is -3.25. The van der Waals surface area contributed by atoms with E-state index in [1.54, 1.807) is 19.1 Å². The second-order valence-electron chi connectivity index (χ2n) is 7.05. The molecule has 0 aliphatic carbocycles. The standard InChI is InChI=1S/C22H18FN3O2/c1-14-20(22(27)26(24-14)17-6-4-5-16(23)10-17)9-15-11-25(12-18-13-28-18)21-8-3-2-7-19(15)21/h2-11,18H,12-13H2,1H3/b20-9+. The van der Waals surface area contributed by atoms with Gasteiger partial charge in [-0.1, -0.05) is 24.3 Å². The third kappa shape index (κ3) is 2.92. The summed E-state index contributed by atoms with van der Waals surface area (Å²) < 4.78 is 21.1. The van der Waals surface area contributed by atoms with Gasteiger partial charge in [0.15, 0.2) is 0 Å². The lowest BCUT2D eigenvalue weighted by atomic mass is 10.1. The molecule has 3 heterocycles. The Balaban J connectivity index is 1.54.